The quantitative estimate of drug-likeness (QED) is 0.888. The summed E-state index contributed by atoms with van der Waals surface area (Å²) in [5.74, 6) is 0. The van der Waals surface area contributed by atoms with Gasteiger partial charge in [-0.1, -0.05) is 0 Å². The molecular formula is C15H24N4S. The summed E-state index contributed by atoms with van der Waals surface area (Å²) in [6, 6.07) is 1.42. The lowest BCUT2D eigenvalue weighted by Gasteiger charge is -2.24. The van der Waals surface area contributed by atoms with E-state index in [2.05, 4.69) is 52.8 Å². The smallest absolute Gasteiger partial charge is 0.194 e. The van der Waals surface area contributed by atoms with Crippen LogP contribution in [0.1, 0.15) is 36.8 Å². The third-order valence-electron chi connectivity index (χ3n) is 4.38. The van der Waals surface area contributed by atoms with Gasteiger partial charge in [0.1, 0.15) is 0 Å². The number of rotatable bonds is 6. The molecule has 110 valence electrons. The summed E-state index contributed by atoms with van der Waals surface area (Å²) in [5, 5.41) is 5.78. The van der Waals surface area contributed by atoms with Crippen LogP contribution in [-0.4, -0.2) is 40.0 Å². The van der Waals surface area contributed by atoms with Gasteiger partial charge in [-0.15, -0.1) is 11.3 Å². The van der Waals surface area contributed by atoms with Crippen molar-refractivity contribution in [2.24, 2.45) is 0 Å². The van der Waals surface area contributed by atoms with Gasteiger partial charge in [0.2, 0.25) is 0 Å². The van der Waals surface area contributed by atoms with Crippen LogP contribution in [0.15, 0.2) is 5.38 Å². The van der Waals surface area contributed by atoms with Crippen LogP contribution in [0, 0.1) is 13.8 Å². The summed E-state index contributed by atoms with van der Waals surface area (Å²) in [7, 11) is 2.25. The molecule has 1 atom stereocenters. The number of nitrogens with zero attached hydrogens (tertiary/aromatic N) is 3. The minimum Gasteiger partial charge on any atom is -0.310 e. The standard InChI is InChI=1S/C15H24N4S/c1-10(18(4)13-5-6-13)7-16-8-14-12(3)17-15-19(14)11(2)9-20-15/h9-10,13,16H,5-8H2,1-4H3. The van der Waals surface area contributed by atoms with Gasteiger partial charge in [0.25, 0.3) is 0 Å². The maximum absolute atomic E-state index is 4.64. The number of hydrogen-bond acceptors (Lipinski definition) is 4. The number of likely N-dealkylation sites (N-methyl/N-ethyl adjacent to an activating group) is 1. The van der Waals surface area contributed by atoms with Crippen LogP contribution < -0.4 is 5.32 Å². The molecule has 0 radical (unpaired) electrons. The third kappa shape index (κ3) is 2.62. The van der Waals surface area contributed by atoms with Gasteiger partial charge in [-0.3, -0.25) is 9.30 Å². The van der Waals surface area contributed by atoms with E-state index in [9.17, 15) is 0 Å². The molecule has 0 saturated heterocycles. The van der Waals surface area contributed by atoms with Gasteiger partial charge in [-0.25, -0.2) is 4.98 Å². The molecular weight excluding hydrogens is 268 g/mol. The highest BCUT2D eigenvalue weighted by Crippen LogP contribution is 2.26. The summed E-state index contributed by atoms with van der Waals surface area (Å²) in [6.07, 6.45) is 2.74. The highest BCUT2D eigenvalue weighted by Gasteiger charge is 2.28. The first-order valence-corrected chi connectivity index (χ1v) is 8.30. The predicted octanol–water partition coefficient (Wildman–Crippen LogP) is 2.58. The lowest BCUT2D eigenvalue weighted by Crippen LogP contribution is -2.39. The Bertz CT molecular complexity index is 596. The first-order chi connectivity index (χ1) is 9.58. The normalized spacial score (nSPS) is 17.2. The van der Waals surface area contributed by atoms with Crippen LogP contribution in [0.25, 0.3) is 4.96 Å². The summed E-state index contributed by atoms with van der Waals surface area (Å²) in [6.45, 7) is 8.49. The van der Waals surface area contributed by atoms with E-state index in [1.165, 1.54) is 24.2 Å². The van der Waals surface area contributed by atoms with Crippen LogP contribution in [0.4, 0.5) is 0 Å². The number of nitrogens with one attached hydrogen (secondary N) is 1. The van der Waals surface area contributed by atoms with Crippen molar-refractivity contribution in [1.82, 2.24) is 19.6 Å². The second-order valence-corrected chi connectivity index (χ2v) is 6.85. The van der Waals surface area contributed by atoms with E-state index in [4.69, 9.17) is 0 Å². The molecule has 0 aromatic carbocycles. The Morgan fingerprint density at radius 1 is 1.50 bits per heavy atom. The van der Waals surface area contributed by atoms with E-state index in [0.717, 1.165) is 29.8 Å². The van der Waals surface area contributed by atoms with Crippen molar-refractivity contribution in [2.45, 2.75) is 52.2 Å². The first-order valence-electron chi connectivity index (χ1n) is 7.42. The molecule has 3 rings (SSSR count). The van der Waals surface area contributed by atoms with Crippen molar-refractivity contribution in [3.05, 3.63) is 22.5 Å². The molecule has 1 aliphatic carbocycles. The Morgan fingerprint density at radius 3 is 2.95 bits per heavy atom. The Kier molecular flexibility index (Phi) is 3.84. The second kappa shape index (κ2) is 5.47. The fraction of sp³-hybridized carbons (Fsp3) is 0.667. The lowest BCUT2D eigenvalue weighted by molar-refractivity contribution is 0.240. The monoisotopic (exact) mass is 292 g/mol. The van der Waals surface area contributed by atoms with E-state index in [1.807, 2.05) is 0 Å². The largest absolute Gasteiger partial charge is 0.310 e. The second-order valence-electron chi connectivity index (χ2n) is 6.02. The summed E-state index contributed by atoms with van der Waals surface area (Å²) >= 11 is 1.72. The number of fused-ring (bicyclic) bond motifs is 1. The molecule has 1 saturated carbocycles. The van der Waals surface area contributed by atoms with E-state index >= 15 is 0 Å². The van der Waals surface area contributed by atoms with Gasteiger partial charge in [0, 0.05) is 36.2 Å². The highest BCUT2D eigenvalue weighted by atomic mass is 32.1. The van der Waals surface area contributed by atoms with Crippen LogP contribution in [0.5, 0.6) is 0 Å². The molecule has 1 unspecified atom stereocenters. The number of aryl methyl sites for hydroxylation is 2. The van der Waals surface area contributed by atoms with E-state index < -0.39 is 0 Å². The molecule has 20 heavy (non-hydrogen) atoms. The average molecular weight is 292 g/mol. The van der Waals surface area contributed by atoms with Gasteiger partial charge in [0.15, 0.2) is 4.96 Å². The highest BCUT2D eigenvalue weighted by molar-refractivity contribution is 7.15. The predicted molar refractivity (Wildman–Crippen MR) is 84.5 cm³/mol. The molecule has 2 aromatic rings. The van der Waals surface area contributed by atoms with Crippen LogP contribution in [-0.2, 0) is 6.54 Å². The van der Waals surface area contributed by atoms with Crippen molar-refractivity contribution < 1.29 is 0 Å². The fourth-order valence-corrected chi connectivity index (χ4v) is 3.69. The molecule has 1 fully saturated rings. The number of hydrogen-bond donors (Lipinski definition) is 1. The van der Waals surface area contributed by atoms with E-state index in [-0.39, 0.29) is 0 Å². The van der Waals surface area contributed by atoms with E-state index in [0.29, 0.717) is 6.04 Å². The molecule has 1 N–H and O–H groups in total. The molecule has 0 spiro atoms. The molecule has 5 heteroatoms. The molecule has 2 aromatic heterocycles. The lowest BCUT2D eigenvalue weighted by atomic mass is 10.2. The minimum absolute atomic E-state index is 0.592. The zero-order chi connectivity index (χ0) is 14.3. The summed E-state index contributed by atoms with van der Waals surface area (Å²) < 4.78 is 2.28. The molecule has 0 aliphatic heterocycles. The SMILES string of the molecule is Cc1nc2scc(C)n2c1CNCC(C)N(C)C1CC1. The van der Waals surface area contributed by atoms with Gasteiger partial charge in [-0.05, 0) is 40.7 Å². The van der Waals surface area contributed by atoms with Crippen molar-refractivity contribution in [2.75, 3.05) is 13.6 Å². The zero-order valence-corrected chi connectivity index (χ0v) is 13.6. The van der Waals surface area contributed by atoms with Gasteiger partial charge >= 0.3 is 0 Å². The van der Waals surface area contributed by atoms with Crippen LogP contribution in [0.2, 0.25) is 0 Å². The fourth-order valence-electron chi connectivity index (χ4n) is 2.76. The molecule has 0 amide bonds. The average Bonchev–Trinajstić information content (AvgIpc) is 3.14. The van der Waals surface area contributed by atoms with Crippen LogP contribution >= 0.6 is 11.3 Å². The first kappa shape index (κ1) is 14.0. The van der Waals surface area contributed by atoms with Gasteiger partial charge in [-0.2, -0.15) is 0 Å². The Morgan fingerprint density at radius 2 is 2.25 bits per heavy atom. The topological polar surface area (TPSA) is 32.6 Å². The van der Waals surface area contributed by atoms with E-state index in [1.54, 1.807) is 11.3 Å². The summed E-state index contributed by atoms with van der Waals surface area (Å²) in [4.78, 5) is 8.25. The van der Waals surface area contributed by atoms with Crippen molar-refractivity contribution >= 4 is 16.3 Å². The molecule has 4 nitrogen and oxygen atoms in total. The Balaban J connectivity index is 1.62. The Hall–Kier alpha value is -0.910. The van der Waals surface area contributed by atoms with Crippen molar-refractivity contribution in [1.29, 1.82) is 0 Å². The number of thiazole rings is 1. The zero-order valence-electron chi connectivity index (χ0n) is 12.8. The molecule has 2 heterocycles. The Labute approximate surface area is 124 Å². The van der Waals surface area contributed by atoms with Gasteiger partial charge < -0.3 is 5.32 Å². The van der Waals surface area contributed by atoms with Crippen LogP contribution in [0.3, 0.4) is 0 Å². The van der Waals surface area contributed by atoms with Crippen molar-refractivity contribution in [3.8, 4) is 0 Å². The summed E-state index contributed by atoms with van der Waals surface area (Å²) in [5.41, 5.74) is 3.74. The van der Waals surface area contributed by atoms with Gasteiger partial charge in [0.05, 0.1) is 11.4 Å². The molecule has 0 bridgehead atoms. The number of imidazole rings is 1. The maximum Gasteiger partial charge on any atom is 0.194 e. The third-order valence-corrected chi connectivity index (χ3v) is 5.32. The van der Waals surface area contributed by atoms with Crippen molar-refractivity contribution in [3.63, 3.8) is 0 Å². The maximum atomic E-state index is 4.64. The minimum atomic E-state index is 0.592. The molecule has 1 aliphatic rings. The number of aromatic nitrogens is 2.